The van der Waals surface area contributed by atoms with Gasteiger partial charge in [-0.25, -0.2) is 9.99 Å². The van der Waals surface area contributed by atoms with Crippen LogP contribution in [0.4, 0.5) is 10.1 Å². The molecule has 1 fully saturated rings. The summed E-state index contributed by atoms with van der Waals surface area (Å²) in [4.78, 5) is 35.2. The van der Waals surface area contributed by atoms with Gasteiger partial charge in [0.25, 0.3) is 5.91 Å². The maximum atomic E-state index is 13.4. The van der Waals surface area contributed by atoms with Crippen molar-refractivity contribution >= 4 is 23.3 Å². The molecule has 1 aromatic rings. The molecule has 1 saturated carbocycles. The van der Waals surface area contributed by atoms with Gasteiger partial charge in [0.15, 0.2) is 0 Å². The second kappa shape index (κ2) is 11.7. The molecule has 10 heteroatoms. The third-order valence-electron chi connectivity index (χ3n) is 5.88. The summed E-state index contributed by atoms with van der Waals surface area (Å²) in [6, 6.07) is 2.95. The van der Waals surface area contributed by atoms with Crippen LogP contribution in [-0.2, 0) is 9.59 Å². The first-order chi connectivity index (χ1) is 16.7. The smallest absolute Gasteiger partial charge is 0.273 e. The quantitative estimate of drug-likeness (QED) is 0.407. The molecule has 0 unspecified atom stereocenters. The van der Waals surface area contributed by atoms with Crippen LogP contribution in [0.1, 0.15) is 39.5 Å². The van der Waals surface area contributed by atoms with Crippen molar-refractivity contribution < 1.29 is 14.0 Å². The molecule has 0 spiro atoms. The molecule has 0 radical (unpaired) electrons. The number of halogens is 1. The minimum Gasteiger partial charge on any atom is -0.352 e. The maximum absolute atomic E-state index is 13.4. The summed E-state index contributed by atoms with van der Waals surface area (Å²) in [6.45, 7) is 8.13. The first kappa shape index (κ1) is 26.1. The average molecular weight is 484 g/mol. The number of anilines is 1. The zero-order chi connectivity index (χ0) is 25.5. The van der Waals surface area contributed by atoms with E-state index < -0.39 is 11.9 Å². The van der Waals surface area contributed by atoms with Crippen molar-refractivity contribution in [2.75, 3.05) is 26.0 Å². The maximum Gasteiger partial charge on any atom is 0.273 e. The van der Waals surface area contributed by atoms with Crippen molar-refractivity contribution in [1.29, 1.82) is 0 Å². The normalized spacial score (nSPS) is 22.1. The molecular formula is C25H34FN7O2. The number of carbonyl (C=O) groups excluding carboxylic acids is 2. The van der Waals surface area contributed by atoms with Crippen LogP contribution in [0.2, 0.25) is 0 Å². The van der Waals surface area contributed by atoms with Gasteiger partial charge in [-0.15, -0.1) is 0 Å². The van der Waals surface area contributed by atoms with Crippen LogP contribution >= 0.6 is 0 Å². The molecule has 9 nitrogen and oxygen atoms in total. The third kappa shape index (κ3) is 7.22. The van der Waals surface area contributed by atoms with Crippen LogP contribution in [0.5, 0.6) is 0 Å². The Balaban J connectivity index is 1.65. The number of allylic oxidation sites excluding steroid dienone is 2. The number of hydrazine groups is 1. The molecule has 3 N–H and O–H groups in total. The van der Waals surface area contributed by atoms with Gasteiger partial charge in [-0.1, -0.05) is 12.7 Å². The van der Waals surface area contributed by atoms with Crippen molar-refractivity contribution in [3.63, 3.8) is 0 Å². The molecule has 188 valence electrons. The van der Waals surface area contributed by atoms with Crippen molar-refractivity contribution in [3.8, 4) is 0 Å². The molecule has 2 aliphatic rings. The number of carbonyl (C=O) groups is 2. The SMILES string of the molecule is C=C1C(C)=CC(=NC2CCC(NC(=O)CN(C)C)CC2)NN1/C(=C\C)C(=O)Nc1ccnc(F)c1. The highest BCUT2D eigenvalue weighted by atomic mass is 19.1. The molecule has 2 amide bonds. The molecule has 0 bridgehead atoms. The number of amides is 2. The molecule has 0 saturated heterocycles. The molecule has 1 aliphatic carbocycles. The number of rotatable bonds is 7. The first-order valence-corrected chi connectivity index (χ1v) is 11.7. The summed E-state index contributed by atoms with van der Waals surface area (Å²) >= 11 is 0. The predicted molar refractivity (Wildman–Crippen MR) is 135 cm³/mol. The van der Waals surface area contributed by atoms with Crippen LogP contribution in [0.3, 0.4) is 0 Å². The van der Waals surface area contributed by atoms with Gasteiger partial charge in [0.05, 0.1) is 18.3 Å². The number of aromatic nitrogens is 1. The summed E-state index contributed by atoms with van der Waals surface area (Å²) in [5.41, 5.74) is 5.28. The van der Waals surface area contributed by atoms with Gasteiger partial charge in [0.2, 0.25) is 11.9 Å². The average Bonchev–Trinajstić information content (AvgIpc) is 2.78. The molecule has 0 atom stereocenters. The topological polar surface area (TPSA) is 102 Å². The van der Waals surface area contributed by atoms with Gasteiger partial charge in [-0.05, 0) is 71.3 Å². The second-order valence-corrected chi connectivity index (χ2v) is 9.04. The predicted octanol–water partition coefficient (Wildman–Crippen LogP) is 2.73. The summed E-state index contributed by atoms with van der Waals surface area (Å²) in [5, 5.41) is 7.38. The van der Waals surface area contributed by atoms with E-state index in [2.05, 4.69) is 27.6 Å². The highest BCUT2D eigenvalue weighted by Gasteiger charge is 2.27. The third-order valence-corrected chi connectivity index (χ3v) is 5.88. The summed E-state index contributed by atoms with van der Waals surface area (Å²) < 4.78 is 13.4. The lowest BCUT2D eigenvalue weighted by Gasteiger charge is -2.34. The Morgan fingerprint density at radius 2 is 2.06 bits per heavy atom. The minimum absolute atomic E-state index is 0.0399. The van der Waals surface area contributed by atoms with Crippen molar-refractivity contribution in [1.82, 2.24) is 25.6 Å². The van der Waals surface area contributed by atoms with Crippen LogP contribution < -0.4 is 16.1 Å². The number of hydrogen-bond acceptors (Lipinski definition) is 6. The van der Waals surface area contributed by atoms with Gasteiger partial charge in [-0.3, -0.25) is 20.0 Å². The van der Waals surface area contributed by atoms with Crippen molar-refractivity contribution in [2.24, 2.45) is 4.99 Å². The van der Waals surface area contributed by atoms with Gasteiger partial charge in [0, 0.05) is 24.0 Å². The lowest BCUT2D eigenvalue weighted by molar-refractivity contribution is -0.122. The van der Waals surface area contributed by atoms with E-state index in [0.29, 0.717) is 29.5 Å². The zero-order valence-corrected chi connectivity index (χ0v) is 20.8. The van der Waals surface area contributed by atoms with Crippen molar-refractivity contribution in [3.05, 3.63) is 60.0 Å². The largest absolute Gasteiger partial charge is 0.352 e. The molecule has 1 aromatic heterocycles. The minimum atomic E-state index is -0.675. The number of pyridine rings is 1. The Morgan fingerprint density at radius 3 is 2.69 bits per heavy atom. The van der Waals surface area contributed by atoms with E-state index >= 15 is 0 Å². The molecule has 35 heavy (non-hydrogen) atoms. The van der Waals surface area contributed by atoms with E-state index in [-0.39, 0.29) is 18.0 Å². The lowest BCUT2D eigenvalue weighted by Crippen LogP contribution is -2.47. The monoisotopic (exact) mass is 483 g/mol. The standard InChI is InChI=1S/C25H34FN7O2/c1-6-21(25(35)30-20-11-12-27-22(26)14-20)33-17(3)16(2)13-23(31-33)28-18-7-9-19(10-8-18)29-24(34)15-32(4)5/h6,11-14,18-19H,3,7-10,15H2,1-2,4-5H3,(H,28,31)(H,29,34)(H,27,30,35)/b21-6-. The van der Waals surface area contributed by atoms with Gasteiger partial charge in [-0.2, -0.15) is 4.39 Å². The Hall–Kier alpha value is -3.53. The highest BCUT2D eigenvalue weighted by Crippen LogP contribution is 2.25. The van der Waals surface area contributed by atoms with E-state index in [1.54, 1.807) is 18.0 Å². The second-order valence-electron chi connectivity index (χ2n) is 9.04. The molecule has 3 rings (SSSR count). The van der Waals surface area contributed by atoms with Gasteiger partial charge >= 0.3 is 0 Å². The van der Waals surface area contributed by atoms with Crippen LogP contribution in [0.15, 0.2) is 59.0 Å². The van der Waals surface area contributed by atoms with Gasteiger partial charge < -0.3 is 15.5 Å². The number of hydrogen-bond donors (Lipinski definition) is 3. The van der Waals surface area contributed by atoms with Crippen LogP contribution in [0.25, 0.3) is 0 Å². The van der Waals surface area contributed by atoms with Crippen molar-refractivity contribution in [2.45, 2.75) is 51.6 Å². The Bertz CT molecular complexity index is 1060. The highest BCUT2D eigenvalue weighted by molar-refractivity contribution is 6.04. The lowest BCUT2D eigenvalue weighted by atomic mass is 9.91. The molecule has 2 heterocycles. The van der Waals surface area contributed by atoms with Crippen LogP contribution in [-0.4, -0.2) is 65.3 Å². The number of aliphatic imine (C=N–C) groups is 1. The molecule has 1 aliphatic heterocycles. The van der Waals surface area contributed by atoms with Crippen LogP contribution in [0, 0.1) is 5.95 Å². The zero-order valence-electron chi connectivity index (χ0n) is 20.8. The van der Waals surface area contributed by atoms with E-state index in [0.717, 1.165) is 37.3 Å². The van der Waals surface area contributed by atoms with Gasteiger partial charge in [0.1, 0.15) is 11.5 Å². The Morgan fingerprint density at radius 1 is 1.34 bits per heavy atom. The Labute approximate surface area is 205 Å². The molecule has 0 aromatic carbocycles. The fourth-order valence-corrected chi connectivity index (χ4v) is 4.09. The fourth-order valence-electron chi connectivity index (χ4n) is 4.09. The summed E-state index contributed by atoms with van der Waals surface area (Å²) in [6.07, 6.45) is 8.30. The van der Waals surface area contributed by atoms with E-state index in [4.69, 9.17) is 4.99 Å². The number of nitrogens with one attached hydrogen (secondary N) is 3. The summed E-state index contributed by atoms with van der Waals surface area (Å²) in [5.74, 6) is -0.421. The van der Waals surface area contributed by atoms with E-state index in [1.807, 2.05) is 32.0 Å². The number of nitrogens with zero attached hydrogens (tertiary/aromatic N) is 4. The summed E-state index contributed by atoms with van der Waals surface area (Å²) in [7, 11) is 3.75. The fraction of sp³-hybridized carbons (Fsp3) is 0.440. The number of amidine groups is 1. The molecular weight excluding hydrogens is 449 g/mol. The van der Waals surface area contributed by atoms with E-state index in [1.165, 1.54) is 12.3 Å². The number of likely N-dealkylation sites (N-methyl/N-ethyl adjacent to an activating group) is 1. The first-order valence-electron chi connectivity index (χ1n) is 11.7. The van der Waals surface area contributed by atoms with E-state index in [9.17, 15) is 14.0 Å². The Kier molecular flexibility index (Phi) is 8.75.